The first kappa shape index (κ1) is 19.1. The second kappa shape index (κ2) is 8.27. The van der Waals surface area contributed by atoms with E-state index in [4.69, 9.17) is 63.0 Å². The predicted molar refractivity (Wildman–Crippen MR) is 101 cm³/mol. The number of thiocarbonyl (C=S) groups is 1. The molecular formula is C14H11Cl4N3O2S. The van der Waals surface area contributed by atoms with Gasteiger partial charge in [-0.05, 0) is 48.6 Å². The maximum absolute atomic E-state index is 12.0. The topological polar surface area (TPSA) is 66.3 Å². The summed E-state index contributed by atoms with van der Waals surface area (Å²) in [5, 5.41) is 8.85. The fourth-order valence-electron chi connectivity index (χ4n) is 1.64. The van der Waals surface area contributed by atoms with Crippen LogP contribution < -0.4 is 16.0 Å². The number of amides is 1. The molecule has 24 heavy (non-hydrogen) atoms. The van der Waals surface area contributed by atoms with Crippen molar-refractivity contribution in [2.45, 2.75) is 9.96 Å². The van der Waals surface area contributed by atoms with Gasteiger partial charge in [0.25, 0.3) is 5.91 Å². The Morgan fingerprint density at radius 2 is 1.79 bits per heavy atom. The van der Waals surface area contributed by atoms with E-state index >= 15 is 0 Å². The molecule has 3 N–H and O–H groups in total. The molecule has 1 atom stereocenters. The molecule has 5 nitrogen and oxygen atoms in total. The average molecular weight is 427 g/mol. The van der Waals surface area contributed by atoms with Crippen LogP contribution in [0.3, 0.4) is 0 Å². The number of hydrogen-bond donors (Lipinski definition) is 3. The Bertz CT molecular complexity index is 702. The van der Waals surface area contributed by atoms with Crippen LogP contribution >= 0.6 is 58.6 Å². The predicted octanol–water partition coefficient (Wildman–Crippen LogP) is 4.35. The van der Waals surface area contributed by atoms with Crippen LogP contribution in [-0.4, -0.2) is 21.0 Å². The fraction of sp³-hybridized carbons (Fsp3) is 0.143. The Morgan fingerprint density at radius 3 is 2.33 bits per heavy atom. The molecule has 2 aromatic rings. The number of halogens is 4. The van der Waals surface area contributed by atoms with Gasteiger partial charge in [-0.25, -0.2) is 0 Å². The van der Waals surface area contributed by atoms with Crippen molar-refractivity contribution in [1.29, 1.82) is 0 Å². The molecule has 0 aliphatic heterocycles. The first-order valence-electron chi connectivity index (χ1n) is 6.50. The minimum absolute atomic E-state index is 0.0765. The highest BCUT2D eigenvalue weighted by atomic mass is 35.6. The first-order valence-corrected chi connectivity index (χ1v) is 8.42. The molecule has 0 radical (unpaired) electrons. The number of furan rings is 1. The first-order chi connectivity index (χ1) is 11.3. The van der Waals surface area contributed by atoms with E-state index in [-0.39, 0.29) is 10.9 Å². The fourth-order valence-corrected chi connectivity index (χ4v) is 2.33. The van der Waals surface area contributed by atoms with Crippen molar-refractivity contribution in [3.8, 4) is 0 Å². The molecule has 1 aromatic heterocycles. The van der Waals surface area contributed by atoms with E-state index in [0.29, 0.717) is 10.7 Å². The SMILES string of the molecule is O=C(N[C@H](NC(=S)Nc1ccc(Cl)cc1)C(Cl)(Cl)Cl)c1ccco1. The third-order valence-electron chi connectivity index (χ3n) is 2.73. The zero-order chi connectivity index (χ0) is 17.7. The molecule has 1 amide bonds. The van der Waals surface area contributed by atoms with Crippen LogP contribution in [0.2, 0.25) is 5.02 Å². The van der Waals surface area contributed by atoms with E-state index in [1.807, 2.05) is 0 Å². The number of benzene rings is 1. The van der Waals surface area contributed by atoms with Gasteiger partial charge in [-0.3, -0.25) is 4.79 Å². The number of alkyl halides is 3. The van der Waals surface area contributed by atoms with Crippen LogP contribution in [0.4, 0.5) is 5.69 Å². The summed E-state index contributed by atoms with van der Waals surface area (Å²) >= 11 is 28.6. The van der Waals surface area contributed by atoms with E-state index in [2.05, 4.69) is 16.0 Å². The highest BCUT2D eigenvalue weighted by Crippen LogP contribution is 2.29. The maximum Gasteiger partial charge on any atom is 0.288 e. The lowest BCUT2D eigenvalue weighted by atomic mass is 10.3. The lowest BCUT2D eigenvalue weighted by Gasteiger charge is -2.27. The summed E-state index contributed by atoms with van der Waals surface area (Å²) in [6.07, 6.45) is 0.270. The third-order valence-corrected chi connectivity index (χ3v) is 3.85. The van der Waals surface area contributed by atoms with E-state index in [1.54, 1.807) is 30.3 Å². The molecule has 10 heteroatoms. The minimum Gasteiger partial charge on any atom is -0.459 e. The van der Waals surface area contributed by atoms with Crippen molar-refractivity contribution in [3.63, 3.8) is 0 Å². The molecule has 1 heterocycles. The van der Waals surface area contributed by atoms with Crippen LogP contribution in [0.1, 0.15) is 10.6 Å². The van der Waals surface area contributed by atoms with Gasteiger partial charge in [0.2, 0.25) is 3.79 Å². The molecule has 1 aromatic carbocycles. The van der Waals surface area contributed by atoms with Gasteiger partial charge in [0.1, 0.15) is 6.17 Å². The Morgan fingerprint density at radius 1 is 1.12 bits per heavy atom. The molecule has 128 valence electrons. The van der Waals surface area contributed by atoms with Crippen LogP contribution in [0.5, 0.6) is 0 Å². The lowest BCUT2D eigenvalue weighted by molar-refractivity contribution is 0.0906. The Balaban J connectivity index is 2.01. The van der Waals surface area contributed by atoms with Gasteiger partial charge < -0.3 is 20.4 Å². The third kappa shape index (κ3) is 5.72. The van der Waals surface area contributed by atoms with Gasteiger partial charge in [0.15, 0.2) is 10.9 Å². The summed E-state index contributed by atoms with van der Waals surface area (Å²) in [6.45, 7) is 0. The Hall–Kier alpha value is -1.18. The van der Waals surface area contributed by atoms with Gasteiger partial charge >= 0.3 is 0 Å². The van der Waals surface area contributed by atoms with Crippen molar-refractivity contribution in [2.75, 3.05) is 5.32 Å². The molecule has 0 spiro atoms. The normalized spacial score (nSPS) is 12.3. The van der Waals surface area contributed by atoms with Crippen LogP contribution in [-0.2, 0) is 0 Å². The van der Waals surface area contributed by atoms with Gasteiger partial charge in [0, 0.05) is 10.7 Å². The number of nitrogens with one attached hydrogen (secondary N) is 3. The average Bonchev–Trinajstić information content (AvgIpc) is 3.02. The molecule has 0 unspecified atom stereocenters. The van der Waals surface area contributed by atoms with Gasteiger partial charge in [0.05, 0.1) is 6.26 Å². The number of hydrogen-bond acceptors (Lipinski definition) is 3. The molecule has 0 aliphatic carbocycles. The smallest absolute Gasteiger partial charge is 0.288 e. The molecule has 0 saturated heterocycles. The highest BCUT2D eigenvalue weighted by Gasteiger charge is 2.35. The van der Waals surface area contributed by atoms with Gasteiger partial charge in [-0.2, -0.15) is 0 Å². The molecule has 0 fully saturated rings. The molecule has 0 bridgehead atoms. The summed E-state index contributed by atoms with van der Waals surface area (Å²) in [7, 11) is 0. The number of carbonyl (C=O) groups is 1. The van der Waals surface area contributed by atoms with E-state index in [9.17, 15) is 4.79 Å². The molecule has 2 rings (SSSR count). The summed E-state index contributed by atoms with van der Waals surface area (Å²) in [6, 6.07) is 9.88. The quantitative estimate of drug-likeness (QED) is 0.385. The molecular weight excluding hydrogens is 416 g/mol. The second-order valence-corrected chi connectivity index (χ2v) is 7.74. The van der Waals surface area contributed by atoms with Crippen molar-refractivity contribution >= 4 is 75.3 Å². The number of carbonyl (C=O) groups excluding carboxylic acids is 1. The van der Waals surface area contributed by atoms with Crippen LogP contribution in [0, 0.1) is 0 Å². The summed E-state index contributed by atoms with van der Waals surface area (Å²) in [5.41, 5.74) is 0.678. The summed E-state index contributed by atoms with van der Waals surface area (Å²) < 4.78 is 3.14. The largest absolute Gasteiger partial charge is 0.459 e. The van der Waals surface area contributed by atoms with Crippen LogP contribution in [0.15, 0.2) is 47.1 Å². The van der Waals surface area contributed by atoms with Crippen molar-refractivity contribution in [1.82, 2.24) is 10.6 Å². The minimum atomic E-state index is -1.85. The number of anilines is 1. The summed E-state index contributed by atoms with van der Waals surface area (Å²) in [4.78, 5) is 12.0. The van der Waals surface area contributed by atoms with Crippen LogP contribution in [0.25, 0.3) is 0 Å². The second-order valence-electron chi connectivity index (χ2n) is 4.53. The van der Waals surface area contributed by atoms with Gasteiger partial charge in [-0.15, -0.1) is 0 Å². The monoisotopic (exact) mass is 425 g/mol. The van der Waals surface area contributed by atoms with Gasteiger partial charge in [-0.1, -0.05) is 46.4 Å². The highest BCUT2D eigenvalue weighted by molar-refractivity contribution is 7.80. The maximum atomic E-state index is 12.0. The molecule has 0 aliphatic rings. The zero-order valence-electron chi connectivity index (χ0n) is 11.9. The molecule has 0 saturated carbocycles. The van der Waals surface area contributed by atoms with Crippen molar-refractivity contribution < 1.29 is 9.21 Å². The Kier molecular flexibility index (Phi) is 6.60. The number of rotatable bonds is 4. The standard InChI is InChI=1S/C14H11Cl4N3O2S/c15-8-3-5-9(6-4-8)19-13(24)21-12(14(16,17)18)20-11(22)10-2-1-7-23-10/h1-7,12H,(H,20,22)(H2,19,21,24)/t12-/m1/s1. The Labute approximate surface area is 163 Å². The lowest BCUT2D eigenvalue weighted by Crippen LogP contribution is -2.56. The van der Waals surface area contributed by atoms with E-state index in [0.717, 1.165) is 0 Å². The zero-order valence-corrected chi connectivity index (χ0v) is 15.7. The van der Waals surface area contributed by atoms with E-state index < -0.39 is 15.9 Å². The van der Waals surface area contributed by atoms with E-state index in [1.165, 1.54) is 12.3 Å². The van der Waals surface area contributed by atoms with Crippen molar-refractivity contribution in [2.24, 2.45) is 0 Å². The van der Waals surface area contributed by atoms with Crippen molar-refractivity contribution in [3.05, 3.63) is 53.4 Å². The summed E-state index contributed by atoms with van der Waals surface area (Å²) in [5.74, 6) is -0.481.